The van der Waals surface area contributed by atoms with Crippen LogP contribution in [0.15, 0.2) is 12.3 Å². The maximum Gasteiger partial charge on any atom is 0.410 e. The van der Waals surface area contributed by atoms with E-state index in [1.54, 1.807) is 6.20 Å². The van der Waals surface area contributed by atoms with Gasteiger partial charge in [-0.3, -0.25) is 0 Å². The van der Waals surface area contributed by atoms with Gasteiger partial charge in [0.05, 0.1) is 5.69 Å². The lowest BCUT2D eigenvalue weighted by Crippen LogP contribution is -2.43. The zero-order valence-corrected chi connectivity index (χ0v) is 14.6. The van der Waals surface area contributed by atoms with Crippen LogP contribution in [-0.4, -0.2) is 46.2 Å². The summed E-state index contributed by atoms with van der Waals surface area (Å²) in [6.45, 7) is 10.8. The van der Waals surface area contributed by atoms with Crippen LogP contribution >= 0.6 is 0 Å². The fraction of sp³-hybridized carbons (Fsp3) is 0.706. The Bertz CT molecular complexity index is 520. The molecule has 23 heavy (non-hydrogen) atoms. The van der Waals surface area contributed by atoms with Crippen LogP contribution in [0.3, 0.4) is 0 Å². The molecule has 1 aromatic rings. The van der Waals surface area contributed by atoms with Crippen molar-refractivity contribution in [1.29, 1.82) is 0 Å². The van der Waals surface area contributed by atoms with Crippen LogP contribution in [0.2, 0.25) is 0 Å². The van der Waals surface area contributed by atoms with Crippen LogP contribution in [0, 0.1) is 12.8 Å². The highest BCUT2D eigenvalue weighted by Crippen LogP contribution is 2.19. The average molecular weight is 320 g/mol. The van der Waals surface area contributed by atoms with Gasteiger partial charge in [0, 0.05) is 25.8 Å². The summed E-state index contributed by atoms with van der Waals surface area (Å²) in [4.78, 5) is 22.3. The van der Waals surface area contributed by atoms with E-state index in [1.165, 1.54) is 0 Å². The van der Waals surface area contributed by atoms with Crippen molar-refractivity contribution in [2.45, 2.75) is 52.7 Å². The summed E-state index contributed by atoms with van der Waals surface area (Å²) < 4.78 is 5.42. The number of amides is 1. The van der Waals surface area contributed by atoms with Gasteiger partial charge in [-0.15, -0.1) is 0 Å². The van der Waals surface area contributed by atoms with Crippen molar-refractivity contribution in [3.8, 4) is 0 Å². The lowest BCUT2D eigenvalue weighted by molar-refractivity contribution is 0.0184. The Morgan fingerprint density at radius 3 is 2.70 bits per heavy atom. The molecule has 0 saturated carbocycles. The molecular weight excluding hydrogens is 292 g/mol. The maximum absolute atomic E-state index is 12.0. The highest BCUT2D eigenvalue weighted by Gasteiger charge is 2.26. The molecule has 0 atom stereocenters. The van der Waals surface area contributed by atoms with Crippen molar-refractivity contribution in [2.24, 2.45) is 5.92 Å². The molecular formula is C17H28N4O2. The van der Waals surface area contributed by atoms with Crippen molar-refractivity contribution in [2.75, 3.05) is 19.6 Å². The van der Waals surface area contributed by atoms with Gasteiger partial charge in [-0.25, -0.2) is 14.8 Å². The molecule has 1 saturated heterocycles. The minimum atomic E-state index is -0.425. The predicted molar refractivity (Wildman–Crippen MR) is 89.0 cm³/mol. The second-order valence-electron chi connectivity index (χ2n) is 7.14. The number of aryl methyl sites for hydroxylation is 1. The molecule has 0 radical (unpaired) electrons. The van der Waals surface area contributed by atoms with Crippen LogP contribution in [0.4, 0.5) is 4.79 Å². The van der Waals surface area contributed by atoms with E-state index < -0.39 is 5.60 Å². The summed E-state index contributed by atoms with van der Waals surface area (Å²) in [5.41, 5.74) is 0.592. The summed E-state index contributed by atoms with van der Waals surface area (Å²) >= 11 is 0. The zero-order valence-electron chi connectivity index (χ0n) is 14.6. The smallest absolute Gasteiger partial charge is 0.410 e. The Hall–Kier alpha value is -1.69. The first kappa shape index (κ1) is 17.7. The summed E-state index contributed by atoms with van der Waals surface area (Å²) in [5.74, 6) is 1.39. The first-order valence-corrected chi connectivity index (χ1v) is 8.30. The third-order valence-corrected chi connectivity index (χ3v) is 3.84. The predicted octanol–water partition coefficient (Wildman–Crippen LogP) is 2.52. The Balaban J connectivity index is 1.68. The molecule has 0 unspecified atom stereocenters. The third-order valence-electron chi connectivity index (χ3n) is 3.84. The van der Waals surface area contributed by atoms with E-state index >= 15 is 0 Å². The fourth-order valence-corrected chi connectivity index (χ4v) is 2.65. The number of nitrogens with one attached hydrogen (secondary N) is 1. The highest BCUT2D eigenvalue weighted by molar-refractivity contribution is 5.68. The molecule has 1 fully saturated rings. The van der Waals surface area contributed by atoms with Gasteiger partial charge in [0.1, 0.15) is 11.4 Å². The van der Waals surface area contributed by atoms with Crippen LogP contribution < -0.4 is 5.32 Å². The molecule has 1 amide bonds. The minimum Gasteiger partial charge on any atom is -0.444 e. The topological polar surface area (TPSA) is 67.4 Å². The summed E-state index contributed by atoms with van der Waals surface area (Å²) in [7, 11) is 0. The number of hydrogen-bond acceptors (Lipinski definition) is 5. The lowest BCUT2D eigenvalue weighted by atomic mass is 9.97. The molecule has 1 aliphatic heterocycles. The summed E-state index contributed by atoms with van der Waals surface area (Å²) in [6, 6.07) is 1.94. The maximum atomic E-state index is 12.0. The van der Waals surface area contributed by atoms with Crippen LogP contribution in [0.25, 0.3) is 0 Å². The van der Waals surface area contributed by atoms with Crippen LogP contribution in [-0.2, 0) is 11.3 Å². The van der Waals surface area contributed by atoms with E-state index in [9.17, 15) is 4.79 Å². The largest absolute Gasteiger partial charge is 0.444 e. The number of ether oxygens (including phenoxy) is 1. The van der Waals surface area contributed by atoms with Crippen LogP contribution in [0.5, 0.6) is 0 Å². The van der Waals surface area contributed by atoms with E-state index in [-0.39, 0.29) is 6.09 Å². The van der Waals surface area contributed by atoms with Gasteiger partial charge in [-0.05, 0) is 59.1 Å². The van der Waals surface area contributed by atoms with Gasteiger partial charge in [0.15, 0.2) is 0 Å². The van der Waals surface area contributed by atoms with Gasteiger partial charge in [-0.1, -0.05) is 0 Å². The van der Waals surface area contributed by atoms with Crippen LogP contribution in [0.1, 0.15) is 45.1 Å². The molecule has 2 heterocycles. The molecule has 0 bridgehead atoms. The number of hydrogen-bond donors (Lipinski definition) is 1. The molecule has 1 aromatic heterocycles. The first-order chi connectivity index (χ1) is 10.8. The summed E-state index contributed by atoms with van der Waals surface area (Å²) in [5, 5.41) is 3.46. The van der Waals surface area contributed by atoms with Gasteiger partial charge in [0.25, 0.3) is 0 Å². The minimum absolute atomic E-state index is 0.194. The van der Waals surface area contributed by atoms with Crippen molar-refractivity contribution in [3.05, 3.63) is 23.8 Å². The molecule has 0 aliphatic carbocycles. The molecule has 0 spiro atoms. The second kappa shape index (κ2) is 7.73. The van der Waals surface area contributed by atoms with Crippen molar-refractivity contribution in [1.82, 2.24) is 20.2 Å². The van der Waals surface area contributed by atoms with E-state index in [2.05, 4.69) is 15.3 Å². The number of carbonyl (C=O) groups excluding carboxylic acids is 1. The Morgan fingerprint density at radius 1 is 1.39 bits per heavy atom. The molecule has 6 nitrogen and oxygen atoms in total. The van der Waals surface area contributed by atoms with E-state index in [1.807, 2.05) is 38.7 Å². The van der Waals surface area contributed by atoms with E-state index in [0.717, 1.165) is 50.5 Å². The van der Waals surface area contributed by atoms with E-state index in [0.29, 0.717) is 5.92 Å². The molecule has 1 aliphatic rings. The quantitative estimate of drug-likeness (QED) is 0.923. The zero-order chi connectivity index (χ0) is 16.9. The van der Waals surface area contributed by atoms with Gasteiger partial charge in [0.2, 0.25) is 0 Å². The van der Waals surface area contributed by atoms with Gasteiger partial charge in [-0.2, -0.15) is 0 Å². The average Bonchev–Trinajstić information content (AvgIpc) is 2.46. The normalized spacial score (nSPS) is 16.4. The molecule has 128 valence electrons. The third kappa shape index (κ3) is 6.14. The Labute approximate surface area is 138 Å². The number of nitrogens with zero attached hydrogens (tertiary/aromatic N) is 3. The molecule has 6 heteroatoms. The number of carbonyl (C=O) groups is 1. The van der Waals surface area contributed by atoms with Crippen molar-refractivity contribution in [3.63, 3.8) is 0 Å². The number of rotatable bonds is 4. The standard InChI is InChI=1S/C17H28N4O2/c1-13-19-8-5-15(20-13)12-18-11-14-6-9-21(10-7-14)16(22)23-17(2,3)4/h5,8,14,18H,6-7,9-12H2,1-4H3. The number of piperidine rings is 1. The second-order valence-corrected chi connectivity index (χ2v) is 7.14. The number of likely N-dealkylation sites (tertiary alicyclic amines) is 1. The fourth-order valence-electron chi connectivity index (χ4n) is 2.65. The Kier molecular flexibility index (Phi) is 5.93. The Morgan fingerprint density at radius 2 is 2.09 bits per heavy atom. The monoisotopic (exact) mass is 320 g/mol. The van der Waals surface area contributed by atoms with Crippen molar-refractivity contribution < 1.29 is 9.53 Å². The SMILES string of the molecule is Cc1nccc(CNCC2CCN(C(=O)OC(C)(C)C)CC2)n1. The molecule has 0 aromatic carbocycles. The molecule has 2 rings (SSSR count). The molecule has 1 N–H and O–H groups in total. The summed E-state index contributed by atoms with van der Waals surface area (Å²) in [6.07, 6.45) is 3.61. The van der Waals surface area contributed by atoms with Gasteiger partial charge >= 0.3 is 6.09 Å². The lowest BCUT2D eigenvalue weighted by Gasteiger charge is -2.33. The van der Waals surface area contributed by atoms with E-state index in [4.69, 9.17) is 4.74 Å². The first-order valence-electron chi connectivity index (χ1n) is 8.30. The van der Waals surface area contributed by atoms with Crippen molar-refractivity contribution >= 4 is 6.09 Å². The van der Waals surface area contributed by atoms with Gasteiger partial charge < -0.3 is 15.0 Å². The highest BCUT2D eigenvalue weighted by atomic mass is 16.6. The number of aromatic nitrogens is 2.